The number of nitrogen functional groups attached to an aromatic ring is 1. The van der Waals surface area contributed by atoms with Crippen LogP contribution in [0.15, 0.2) is 32.8 Å². The lowest BCUT2D eigenvalue weighted by atomic mass is 10.2. The van der Waals surface area contributed by atoms with Crippen molar-refractivity contribution in [3.05, 3.63) is 55.3 Å². The van der Waals surface area contributed by atoms with Crippen LogP contribution in [-0.2, 0) is 23.1 Å². The van der Waals surface area contributed by atoms with Gasteiger partial charge in [0.25, 0.3) is 5.56 Å². The molecule has 198 valence electrons. The van der Waals surface area contributed by atoms with Gasteiger partial charge in [0, 0.05) is 30.8 Å². The van der Waals surface area contributed by atoms with Gasteiger partial charge >= 0.3 is 19.2 Å². The van der Waals surface area contributed by atoms with Crippen LogP contribution in [-0.4, -0.2) is 71.8 Å². The molecular formula is C19H26N5O11P. The number of hydrogen-bond donors (Lipinski definition) is 5. The number of nitrogens with zero attached hydrogens (tertiary/aromatic N) is 3. The van der Waals surface area contributed by atoms with Gasteiger partial charge in [-0.05, 0) is 13.0 Å². The van der Waals surface area contributed by atoms with E-state index < -0.39 is 74.8 Å². The molecule has 4 rings (SSSR count). The summed E-state index contributed by atoms with van der Waals surface area (Å²) in [6, 6.07) is 1.38. The second-order valence-corrected chi connectivity index (χ2v) is 9.81. The van der Waals surface area contributed by atoms with Gasteiger partial charge < -0.3 is 30.3 Å². The number of ether oxygens (including phenoxy) is 2. The van der Waals surface area contributed by atoms with E-state index >= 15 is 0 Å². The second kappa shape index (κ2) is 10.4. The Kier molecular flexibility index (Phi) is 7.59. The molecule has 0 aromatic carbocycles. The summed E-state index contributed by atoms with van der Waals surface area (Å²) in [5, 5.41) is 19.9. The van der Waals surface area contributed by atoms with E-state index in [1.807, 2.05) is 0 Å². The predicted octanol–water partition coefficient (Wildman–Crippen LogP) is -1.89. The minimum absolute atomic E-state index is 0.00577. The normalized spacial score (nSPS) is 29.9. The van der Waals surface area contributed by atoms with Crippen LogP contribution in [0.4, 0.5) is 5.82 Å². The Bertz CT molecular complexity index is 1330. The number of nitrogens with two attached hydrogens (primary N) is 1. The third kappa shape index (κ3) is 5.66. The van der Waals surface area contributed by atoms with E-state index in [0.29, 0.717) is 0 Å². The Balaban J connectivity index is 1.38. The molecule has 1 unspecified atom stereocenters. The third-order valence-electron chi connectivity index (χ3n) is 5.85. The zero-order valence-electron chi connectivity index (χ0n) is 19.0. The lowest BCUT2D eigenvalue weighted by Gasteiger charge is -2.21. The Labute approximate surface area is 202 Å². The van der Waals surface area contributed by atoms with Crippen molar-refractivity contribution in [1.82, 2.24) is 19.1 Å². The molecule has 2 aliphatic rings. The van der Waals surface area contributed by atoms with Crippen LogP contribution in [0.2, 0.25) is 0 Å². The number of nitrogens with one attached hydrogen (secondary N) is 1. The number of aromatic amines is 1. The van der Waals surface area contributed by atoms with Crippen molar-refractivity contribution in [2.75, 3.05) is 18.9 Å². The molecule has 0 saturated carbocycles. The summed E-state index contributed by atoms with van der Waals surface area (Å²) >= 11 is 0. The average molecular weight is 531 g/mol. The van der Waals surface area contributed by atoms with E-state index in [0.717, 1.165) is 9.13 Å². The highest BCUT2D eigenvalue weighted by molar-refractivity contribution is 7.47. The van der Waals surface area contributed by atoms with Gasteiger partial charge in [-0.25, -0.2) is 14.2 Å². The molecule has 6 N–H and O–H groups in total. The molecule has 2 fully saturated rings. The maximum absolute atomic E-state index is 12.6. The standard InChI is InChI=1S/C19H26N5O11P/c1-9-6-24(19(29)22-17(9)27)16-5-11(12(7-25)33-16)35-36(30,31)32-8-13-10(26)4-15(34-13)23-3-2-14(20)21-18(23)28/h2-3,6,10-13,15-16,25-26H,4-5,7-8H2,1H3,(H,30,31)(H2,20,21,28)(H,22,27,29)/t10-,11-,12+,13+,15+,16+/m0/s1. The molecule has 0 aliphatic carbocycles. The zero-order valence-corrected chi connectivity index (χ0v) is 19.9. The number of H-pyrrole nitrogens is 1. The first-order valence-electron chi connectivity index (χ1n) is 10.9. The van der Waals surface area contributed by atoms with Crippen molar-refractivity contribution >= 4 is 13.6 Å². The summed E-state index contributed by atoms with van der Waals surface area (Å²) in [6.07, 6.45) is -3.76. The molecule has 36 heavy (non-hydrogen) atoms. The van der Waals surface area contributed by atoms with Crippen molar-refractivity contribution < 1.29 is 38.2 Å². The summed E-state index contributed by atoms with van der Waals surface area (Å²) < 4.78 is 36.1. The molecule has 2 aliphatic heterocycles. The van der Waals surface area contributed by atoms with Crippen molar-refractivity contribution in [2.24, 2.45) is 0 Å². The largest absolute Gasteiger partial charge is 0.472 e. The van der Waals surface area contributed by atoms with Crippen LogP contribution < -0.4 is 22.7 Å². The van der Waals surface area contributed by atoms with Gasteiger partial charge in [0.05, 0.1) is 19.3 Å². The van der Waals surface area contributed by atoms with E-state index in [-0.39, 0.29) is 24.2 Å². The van der Waals surface area contributed by atoms with Crippen LogP contribution >= 0.6 is 7.82 Å². The number of phosphoric ester groups is 1. The van der Waals surface area contributed by atoms with Gasteiger partial charge in [-0.2, -0.15) is 4.98 Å². The van der Waals surface area contributed by atoms with E-state index in [2.05, 4.69) is 9.97 Å². The van der Waals surface area contributed by atoms with Gasteiger partial charge in [0.1, 0.15) is 36.6 Å². The summed E-state index contributed by atoms with van der Waals surface area (Å²) in [5.74, 6) is 0.0212. The number of aliphatic hydroxyl groups is 2. The molecule has 16 nitrogen and oxygen atoms in total. The first-order chi connectivity index (χ1) is 17.0. The molecule has 2 aromatic rings. The average Bonchev–Trinajstić information content (AvgIpc) is 3.37. The molecule has 0 bridgehead atoms. The van der Waals surface area contributed by atoms with Crippen LogP contribution in [0.5, 0.6) is 0 Å². The van der Waals surface area contributed by atoms with Gasteiger partial charge in [-0.1, -0.05) is 0 Å². The molecule has 2 aromatic heterocycles. The number of aryl methyl sites for hydroxylation is 1. The predicted molar refractivity (Wildman–Crippen MR) is 120 cm³/mol. The van der Waals surface area contributed by atoms with E-state index in [1.165, 1.54) is 25.4 Å². The highest BCUT2D eigenvalue weighted by Crippen LogP contribution is 2.48. The van der Waals surface area contributed by atoms with Gasteiger partial charge in [0.2, 0.25) is 0 Å². The zero-order chi connectivity index (χ0) is 26.2. The molecule has 4 heterocycles. The minimum atomic E-state index is -4.75. The molecular weight excluding hydrogens is 505 g/mol. The van der Waals surface area contributed by atoms with Crippen LogP contribution in [0.1, 0.15) is 30.9 Å². The first kappa shape index (κ1) is 26.4. The monoisotopic (exact) mass is 531 g/mol. The molecule has 2 saturated heterocycles. The Hall–Kier alpha value is -2.69. The number of aromatic nitrogens is 4. The van der Waals surface area contributed by atoms with Crippen molar-refractivity contribution in [3.63, 3.8) is 0 Å². The third-order valence-corrected chi connectivity index (χ3v) is 6.87. The van der Waals surface area contributed by atoms with Gasteiger partial charge in [-0.3, -0.25) is 28.0 Å². The van der Waals surface area contributed by atoms with E-state index in [9.17, 15) is 34.1 Å². The van der Waals surface area contributed by atoms with Crippen LogP contribution in [0, 0.1) is 6.92 Å². The maximum Gasteiger partial charge on any atom is 0.472 e. The van der Waals surface area contributed by atoms with Gasteiger partial charge in [-0.15, -0.1) is 0 Å². The van der Waals surface area contributed by atoms with Crippen molar-refractivity contribution in [3.8, 4) is 0 Å². The lowest BCUT2D eigenvalue weighted by molar-refractivity contribution is -0.0575. The minimum Gasteiger partial charge on any atom is -0.394 e. The Morgan fingerprint density at radius 2 is 1.92 bits per heavy atom. The van der Waals surface area contributed by atoms with Crippen molar-refractivity contribution in [1.29, 1.82) is 0 Å². The maximum atomic E-state index is 12.6. The second-order valence-electron chi connectivity index (χ2n) is 8.41. The van der Waals surface area contributed by atoms with Crippen LogP contribution in [0.3, 0.4) is 0 Å². The Morgan fingerprint density at radius 3 is 2.61 bits per heavy atom. The number of phosphoric acid groups is 1. The molecule has 0 spiro atoms. The lowest BCUT2D eigenvalue weighted by Crippen LogP contribution is -2.33. The number of anilines is 1. The van der Waals surface area contributed by atoms with E-state index in [1.54, 1.807) is 0 Å². The smallest absolute Gasteiger partial charge is 0.394 e. The fourth-order valence-electron chi connectivity index (χ4n) is 4.00. The summed E-state index contributed by atoms with van der Waals surface area (Å²) in [4.78, 5) is 51.7. The topological polar surface area (TPSA) is 230 Å². The molecule has 0 amide bonds. The summed E-state index contributed by atoms with van der Waals surface area (Å²) in [5.41, 5.74) is 3.69. The fraction of sp³-hybridized carbons (Fsp3) is 0.579. The highest BCUT2D eigenvalue weighted by atomic mass is 31.2. The highest BCUT2D eigenvalue weighted by Gasteiger charge is 2.43. The number of rotatable bonds is 8. The first-order valence-corrected chi connectivity index (χ1v) is 12.4. The van der Waals surface area contributed by atoms with Crippen LogP contribution in [0.25, 0.3) is 0 Å². The number of hydrogen-bond acceptors (Lipinski definition) is 12. The SMILES string of the molecule is Cc1cn([C@H]2C[C@H](OP(=O)(O)OC[C@H]3O[C@@H](n4ccc(N)nc4=O)C[C@@H]3O)[C@@H](CO)O2)c(=O)[nH]c1=O. The molecule has 7 atom stereocenters. The molecule has 0 radical (unpaired) electrons. The molecule has 17 heteroatoms. The van der Waals surface area contributed by atoms with Gasteiger partial charge in [0.15, 0.2) is 0 Å². The summed E-state index contributed by atoms with van der Waals surface area (Å²) in [7, 11) is -4.75. The van der Waals surface area contributed by atoms with Crippen molar-refractivity contribution in [2.45, 2.75) is 56.6 Å². The quantitative estimate of drug-likeness (QED) is 0.235. The summed E-state index contributed by atoms with van der Waals surface area (Å²) in [6.45, 7) is 0.345. The fourth-order valence-corrected chi connectivity index (χ4v) is 4.96. The van der Waals surface area contributed by atoms with E-state index in [4.69, 9.17) is 24.3 Å². The Morgan fingerprint density at radius 1 is 1.22 bits per heavy atom. The number of aliphatic hydroxyl groups excluding tert-OH is 2.